The van der Waals surface area contributed by atoms with Crippen molar-refractivity contribution in [2.45, 2.75) is 6.92 Å². The first-order chi connectivity index (χ1) is 30.6. The lowest BCUT2D eigenvalue weighted by Gasteiger charge is -2.14. The first-order valence-corrected chi connectivity index (χ1v) is 22.6. The van der Waals surface area contributed by atoms with Crippen molar-refractivity contribution in [1.29, 1.82) is 0 Å². The second-order valence-corrected chi connectivity index (χ2v) is 18.4. The number of fused-ring (bicyclic) bond motifs is 13. The molecule has 0 amide bonds. The van der Waals surface area contributed by atoms with E-state index in [4.69, 9.17) is 9.97 Å². The van der Waals surface area contributed by atoms with Gasteiger partial charge in [-0.05, 0) is 76.3 Å². The first kappa shape index (κ1) is 35.3. The molecule has 4 aromatic heterocycles. The van der Waals surface area contributed by atoms with Gasteiger partial charge in [0.15, 0.2) is 0 Å². The van der Waals surface area contributed by atoms with Gasteiger partial charge >= 0.3 is 0 Å². The molecular weight excluding hydrogens is 791 g/mol. The number of hydrogen-bond acceptors (Lipinski definition) is 4. The fraction of sp³-hybridized carbons (Fsp3) is 0.0175. The van der Waals surface area contributed by atoms with Gasteiger partial charge in [0.25, 0.3) is 0 Å². The number of hydrogen-bond donors (Lipinski definition) is 0. The van der Waals surface area contributed by atoms with E-state index in [1.165, 1.54) is 89.7 Å². The molecule has 5 heteroatoms. The van der Waals surface area contributed by atoms with Gasteiger partial charge in [-0.2, -0.15) is 0 Å². The number of aryl methyl sites for hydroxylation is 1. The molecule has 0 saturated carbocycles. The molecule has 13 rings (SSSR count). The number of benzene rings is 9. The zero-order valence-corrected chi connectivity index (χ0v) is 35.3. The van der Waals surface area contributed by atoms with E-state index >= 15 is 0 Å². The molecule has 4 heterocycles. The lowest BCUT2D eigenvalue weighted by atomic mass is 9.94. The minimum atomic E-state index is 0.657. The Hall–Kier alpha value is -7.44. The van der Waals surface area contributed by atoms with E-state index in [9.17, 15) is 0 Å². The van der Waals surface area contributed by atoms with Crippen LogP contribution in [0.25, 0.3) is 130 Å². The Balaban J connectivity index is 1.15. The van der Waals surface area contributed by atoms with Gasteiger partial charge in [-0.1, -0.05) is 152 Å². The molecule has 290 valence electrons. The van der Waals surface area contributed by atoms with Crippen LogP contribution in [0, 0.1) is 6.92 Å². The summed E-state index contributed by atoms with van der Waals surface area (Å²) >= 11 is 3.74. The first-order valence-electron chi connectivity index (χ1n) is 20.9. The molecular formula is C57H35N3S2. The molecule has 13 aromatic rings. The van der Waals surface area contributed by atoms with Crippen molar-refractivity contribution in [3.8, 4) is 39.5 Å². The summed E-state index contributed by atoms with van der Waals surface area (Å²) in [5.74, 6) is 0.657. The monoisotopic (exact) mass is 825 g/mol. The summed E-state index contributed by atoms with van der Waals surface area (Å²) in [4.78, 5) is 12.4. The number of rotatable bonds is 5. The third-order valence-corrected chi connectivity index (χ3v) is 15.0. The predicted molar refractivity (Wildman–Crippen MR) is 268 cm³/mol. The maximum absolute atomic E-state index is 5.62. The van der Waals surface area contributed by atoms with Crippen LogP contribution >= 0.6 is 22.7 Å². The summed E-state index contributed by atoms with van der Waals surface area (Å²) < 4.78 is 6.21. The SMILES string of the molecule is C=Cc1ccccc1-c1c(C)sc2ccc(-c3ccc4c(c3)c3c5c6ccccc6sc5c5ccccc5c3n4-c3nc(-c4cccc5ccccc45)c4ccccc4n3)cc12. The quantitative estimate of drug-likeness (QED) is 0.173. The molecule has 9 aromatic carbocycles. The minimum absolute atomic E-state index is 0.657. The maximum atomic E-state index is 5.62. The molecule has 3 nitrogen and oxygen atoms in total. The number of nitrogens with zero attached hydrogens (tertiary/aromatic N) is 3. The van der Waals surface area contributed by atoms with Gasteiger partial charge in [0.05, 0.1) is 22.2 Å². The third-order valence-electron chi connectivity index (χ3n) is 12.7. The van der Waals surface area contributed by atoms with Gasteiger partial charge in [0.2, 0.25) is 5.95 Å². The zero-order chi connectivity index (χ0) is 41.1. The summed E-state index contributed by atoms with van der Waals surface area (Å²) in [6.07, 6.45) is 1.97. The van der Waals surface area contributed by atoms with Crippen molar-refractivity contribution in [3.05, 3.63) is 193 Å². The van der Waals surface area contributed by atoms with E-state index in [1.54, 1.807) is 0 Å². The molecule has 0 aliphatic rings. The lowest BCUT2D eigenvalue weighted by Crippen LogP contribution is -2.04. The van der Waals surface area contributed by atoms with E-state index in [0.29, 0.717) is 5.95 Å². The molecule has 0 fully saturated rings. The van der Waals surface area contributed by atoms with Gasteiger partial charge in [-0.25, -0.2) is 9.97 Å². The smallest absolute Gasteiger partial charge is 0.235 e. The van der Waals surface area contributed by atoms with Crippen molar-refractivity contribution in [3.63, 3.8) is 0 Å². The third kappa shape index (κ3) is 5.10. The molecule has 0 spiro atoms. The van der Waals surface area contributed by atoms with E-state index in [0.717, 1.165) is 38.8 Å². The van der Waals surface area contributed by atoms with Gasteiger partial charge in [0, 0.05) is 73.2 Å². The van der Waals surface area contributed by atoms with Crippen LogP contribution in [0.2, 0.25) is 0 Å². The van der Waals surface area contributed by atoms with Crippen molar-refractivity contribution < 1.29 is 0 Å². The van der Waals surface area contributed by atoms with Crippen LogP contribution in [-0.2, 0) is 0 Å². The normalized spacial score (nSPS) is 12.0. The Morgan fingerprint density at radius 1 is 0.516 bits per heavy atom. The average molecular weight is 826 g/mol. The van der Waals surface area contributed by atoms with Crippen LogP contribution in [0.5, 0.6) is 0 Å². The maximum Gasteiger partial charge on any atom is 0.235 e. The number of para-hydroxylation sites is 1. The van der Waals surface area contributed by atoms with Crippen molar-refractivity contribution in [2.75, 3.05) is 0 Å². The predicted octanol–water partition coefficient (Wildman–Crippen LogP) is 16.6. The Labute approximate surface area is 365 Å². The Morgan fingerprint density at radius 2 is 1.18 bits per heavy atom. The molecule has 0 unspecified atom stereocenters. The Morgan fingerprint density at radius 3 is 2.05 bits per heavy atom. The number of thiophene rings is 2. The van der Waals surface area contributed by atoms with Gasteiger partial charge in [-0.3, -0.25) is 4.57 Å². The van der Waals surface area contributed by atoms with Gasteiger partial charge in [-0.15, -0.1) is 22.7 Å². The Kier molecular flexibility index (Phi) is 7.71. The number of aromatic nitrogens is 3. The highest BCUT2D eigenvalue weighted by atomic mass is 32.1. The van der Waals surface area contributed by atoms with E-state index in [-0.39, 0.29) is 0 Å². The standard InChI is InChI=1S/C57H35N3S2/c1-3-34-15-4-7-19-39(34)51-33(2)61-50-30-28-37(32-46(50)51)36-27-29-48-45(31-36)52-53-44-23-11-13-26-49(44)62-56(53)42-21-9-8-20-41(42)55(52)60(48)57-58-47-25-12-10-22-43(47)54(59-57)40-24-14-17-35-16-5-6-18-38(35)40/h3-32H,1H2,2H3. The Bertz CT molecular complexity index is 4030. The molecule has 0 bridgehead atoms. The molecule has 0 N–H and O–H groups in total. The van der Waals surface area contributed by atoms with E-state index in [1.807, 2.05) is 28.7 Å². The summed E-state index contributed by atoms with van der Waals surface area (Å²) in [7, 11) is 0. The second kappa shape index (κ2) is 13.5. The molecule has 0 aliphatic carbocycles. The summed E-state index contributed by atoms with van der Waals surface area (Å²) in [5, 5.41) is 12.0. The lowest BCUT2D eigenvalue weighted by molar-refractivity contribution is 1.02. The van der Waals surface area contributed by atoms with Crippen molar-refractivity contribution in [2.24, 2.45) is 0 Å². The van der Waals surface area contributed by atoms with Crippen LogP contribution in [0.15, 0.2) is 183 Å². The second-order valence-electron chi connectivity index (χ2n) is 16.1. The van der Waals surface area contributed by atoms with Gasteiger partial charge < -0.3 is 0 Å². The highest BCUT2D eigenvalue weighted by Gasteiger charge is 2.25. The molecule has 0 radical (unpaired) electrons. The average Bonchev–Trinajstić information content (AvgIpc) is 3.99. The largest absolute Gasteiger partial charge is 0.277 e. The summed E-state index contributed by atoms with van der Waals surface area (Å²) in [6, 6.07) is 63.9. The van der Waals surface area contributed by atoms with Crippen LogP contribution in [0.3, 0.4) is 0 Å². The fourth-order valence-electron chi connectivity index (χ4n) is 10.00. The van der Waals surface area contributed by atoms with Crippen LogP contribution < -0.4 is 0 Å². The van der Waals surface area contributed by atoms with Crippen molar-refractivity contribution >= 4 is 113 Å². The fourth-order valence-corrected chi connectivity index (χ4v) is 12.3. The van der Waals surface area contributed by atoms with E-state index in [2.05, 4.69) is 194 Å². The minimum Gasteiger partial charge on any atom is -0.277 e. The highest BCUT2D eigenvalue weighted by Crippen LogP contribution is 2.49. The zero-order valence-electron chi connectivity index (χ0n) is 33.7. The van der Waals surface area contributed by atoms with Crippen LogP contribution in [-0.4, -0.2) is 14.5 Å². The van der Waals surface area contributed by atoms with Gasteiger partial charge in [0.1, 0.15) is 0 Å². The molecule has 0 aliphatic heterocycles. The van der Waals surface area contributed by atoms with Crippen LogP contribution in [0.4, 0.5) is 0 Å². The van der Waals surface area contributed by atoms with E-state index < -0.39 is 0 Å². The van der Waals surface area contributed by atoms with Crippen LogP contribution in [0.1, 0.15) is 10.4 Å². The summed E-state index contributed by atoms with van der Waals surface area (Å²) in [6.45, 7) is 6.39. The topological polar surface area (TPSA) is 30.7 Å². The molecule has 0 atom stereocenters. The highest BCUT2D eigenvalue weighted by molar-refractivity contribution is 7.27. The van der Waals surface area contributed by atoms with Crippen molar-refractivity contribution in [1.82, 2.24) is 14.5 Å². The molecule has 62 heavy (non-hydrogen) atoms. The summed E-state index contributed by atoms with van der Waals surface area (Å²) in [5.41, 5.74) is 11.1. The molecule has 0 saturated heterocycles.